The van der Waals surface area contributed by atoms with Crippen LogP contribution < -0.4 is 9.80 Å². The lowest BCUT2D eigenvalue weighted by molar-refractivity contribution is 0.590. The first-order valence-corrected chi connectivity index (χ1v) is 21.0. The molecule has 0 aliphatic heterocycles. The van der Waals surface area contributed by atoms with Crippen molar-refractivity contribution in [1.82, 2.24) is 0 Å². The van der Waals surface area contributed by atoms with Crippen molar-refractivity contribution in [1.29, 1.82) is 0 Å². The van der Waals surface area contributed by atoms with Gasteiger partial charge in [-0.1, -0.05) is 187 Å². The van der Waals surface area contributed by atoms with E-state index in [1.807, 2.05) is 0 Å². The Balaban J connectivity index is 0.939. The van der Waals surface area contributed by atoms with Gasteiger partial charge in [-0.15, -0.1) is 0 Å². The molecule has 2 nitrogen and oxygen atoms in total. The molecule has 0 N–H and O–H groups in total. The maximum absolute atomic E-state index is 2.32. The Hall–Kier alpha value is -6.90. The van der Waals surface area contributed by atoms with Crippen LogP contribution in [0.5, 0.6) is 0 Å². The molecule has 60 heavy (non-hydrogen) atoms. The molecule has 0 atom stereocenters. The molecule has 8 aromatic carbocycles. The SMILES string of the molecule is CC(C)(C)c1ccc(N(c2ccccc2)c2ccc(-c3ccc(/C=C/c4ccc(-c5ccc(N(c6ccccc6)c6ccc(C(C)(C)C)cc6)cc5)cc4)cc3)cc2)cc1. The van der Waals surface area contributed by atoms with E-state index in [1.54, 1.807) is 0 Å². The summed E-state index contributed by atoms with van der Waals surface area (Å²) in [6.45, 7) is 13.5. The van der Waals surface area contributed by atoms with Crippen molar-refractivity contribution in [3.8, 4) is 22.3 Å². The fourth-order valence-electron chi connectivity index (χ4n) is 7.64. The van der Waals surface area contributed by atoms with E-state index in [-0.39, 0.29) is 10.8 Å². The van der Waals surface area contributed by atoms with Crippen molar-refractivity contribution in [2.24, 2.45) is 0 Å². The van der Waals surface area contributed by atoms with Gasteiger partial charge in [0.15, 0.2) is 0 Å². The van der Waals surface area contributed by atoms with Gasteiger partial charge < -0.3 is 9.80 Å². The van der Waals surface area contributed by atoms with Gasteiger partial charge in [0, 0.05) is 34.1 Å². The third-order valence-corrected chi connectivity index (χ3v) is 11.2. The van der Waals surface area contributed by atoms with Crippen molar-refractivity contribution in [2.75, 3.05) is 9.80 Å². The fourth-order valence-corrected chi connectivity index (χ4v) is 7.64. The number of rotatable bonds is 10. The van der Waals surface area contributed by atoms with E-state index in [0.717, 1.165) is 34.1 Å². The molecular formula is C58H54N2. The van der Waals surface area contributed by atoms with Crippen LogP contribution in [0, 0.1) is 0 Å². The highest BCUT2D eigenvalue weighted by atomic mass is 15.1. The summed E-state index contributed by atoms with van der Waals surface area (Å²) < 4.78 is 0. The van der Waals surface area contributed by atoms with E-state index in [0.29, 0.717) is 0 Å². The Labute approximate surface area is 357 Å². The summed E-state index contributed by atoms with van der Waals surface area (Å²) in [5.74, 6) is 0. The van der Waals surface area contributed by atoms with E-state index >= 15 is 0 Å². The molecule has 0 aliphatic rings. The van der Waals surface area contributed by atoms with Gasteiger partial charge in [0.2, 0.25) is 0 Å². The van der Waals surface area contributed by atoms with Crippen molar-refractivity contribution in [2.45, 2.75) is 52.4 Å². The topological polar surface area (TPSA) is 6.48 Å². The quantitative estimate of drug-likeness (QED) is 0.128. The standard InChI is InChI=1S/C58H54N2/c1-57(2,3)49-31-39-55(40-32-49)59(51-13-9-7-10-14-51)53-35-27-47(28-36-53)45-23-19-43(20-24-45)17-18-44-21-25-46(26-22-44)48-29-37-54(38-30-48)60(52-15-11-8-12-16-52)56-41-33-50(34-42-56)58(4,5)6/h7-42H,1-6H3/b18-17+. The monoisotopic (exact) mass is 778 g/mol. The number of anilines is 6. The molecule has 0 saturated carbocycles. The molecule has 0 saturated heterocycles. The van der Waals surface area contributed by atoms with E-state index in [9.17, 15) is 0 Å². The lowest BCUT2D eigenvalue weighted by atomic mass is 9.87. The molecule has 8 rings (SSSR count). The summed E-state index contributed by atoms with van der Waals surface area (Å²) in [7, 11) is 0. The molecular weight excluding hydrogens is 725 g/mol. The molecule has 0 bridgehead atoms. The molecule has 296 valence electrons. The third kappa shape index (κ3) is 9.20. The number of para-hydroxylation sites is 2. The Kier molecular flexibility index (Phi) is 11.4. The molecule has 0 aromatic heterocycles. The maximum Gasteiger partial charge on any atom is 0.0462 e. The Morgan fingerprint density at radius 1 is 0.267 bits per heavy atom. The van der Waals surface area contributed by atoms with Crippen LogP contribution in [0.25, 0.3) is 34.4 Å². The smallest absolute Gasteiger partial charge is 0.0462 e. The zero-order chi connectivity index (χ0) is 41.7. The predicted octanol–water partition coefficient (Wildman–Crippen LogP) is 16.7. The minimum atomic E-state index is 0.109. The Morgan fingerprint density at radius 2 is 0.500 bits per heavy atom. The largest absolute Gasteiger partial charge is 0.311 e. The molecule has 0 amide bonds. The van der Waals surface area contributed by atoms with Crippen molar-refractivity contribution < 1.29 is 0 Å². The molecule has 2 heteroatoms. The second-order valence-electron chi connectivity index (χ2n) is 17.6. The van der Waals surface area contributed by atoms with Gasteiger partial charge in [0.25, 0.3) is 0 Å². The molecule has 8 aromatic rings. The van der Waals surface area contributed by atoms with Crippen molar-refractivity contribution in [3.63, 3.8) is 0 Å². The van der Waals surface area contributed by atoms with Gasteiger partial charge in [0.05, 0.1) is 0 Å². The number of benzene rings is 8. The fraction of sp³-hybridized carbons (Fsp3) is 0.138. The normalized spacial score (nSPS) is 11.8. The van der Waals surface area contributed by atoms with Gasteiger partial charge in [-0.3, -0.25) is 0 Å². The summed E-state index contributed by atoms with van der Waals surface area (Å²) in [6, 6.07) is 74.5. The van der Waals surface area contributed by atoms with Crippen LogP contribution in [0.3, 0.4) is 0 Å². The molecule has 0 unspecified atom stereocenters. The van der Waals surface area contributed by atoms with Gasteiger partial charge in [-0.2, -0.15) is 0 Å². The summed E-state index contributed by atoms with van der Waals surface area (Å²) in [4.78, 5) is 4.64. The average molecular weight is 779 g/mol. The predicted molar refractivity (Wildman–Crippen MR) is 259 cm³/mol. The van der Waals surface area contributed by atoms with E-state index in [4.69, 9.17) is 0 Å². The van der Waals surface area contributed by atoms with Gasteiger partial charge in [-0.05, 0) is 128 Å². The molecule has 0 heterocycles. The van der Waals surface area contributed by atoms with Crippen molar-refractivity contribution >= 4 is 46.3 Å². The number of hydrogen-bond donors (Lipinski definition) is 0. The van der Waals surface area contributed by atoms with Crippen LogP contribution in [-0.2, 0) is 10.8 Å². The van der Waals surface area contributed by atoms with Crippen molar-refractivity contribution in [3.05, 3.63) is 229 Å². The summed E-state index contributed by atoms with van der Waals surface area (Å²) >= 11 is 0. The van der Waals surface area contributed by atoms with Crippen LogP contribution in [0.4, 0.5) is 34.1 Å². The highest BCUT2D eigenvalue weighted by molar-refractivity contribution is 5.81. The van der Waals surface area contributed by atoms with Crippen LogP contribution in [0.15, 0.2) is 206 Å². The molecule has 0 spiro atoms. The van der Waals surface area contributed by atoms with E-state index in [1.165, 1.54) is 44.5 Å². The summed E-state index contributed by atoms with van der Waals surface area (Å²) in [6.07, 6.45) is 4.37. The number of hydrogen-bond acceptors (Lipinski definition) is 2. The average Bonchev–Trinajstić information content (AvgIpc) is 3.27. The summed E-state index contributed by atoms with van der Waals surface area (Å²) in [5.41, 5.74) is 16.8. The lowest BCUT2D eigenvalue weighted by Gasteiger charge is -2.27. The molecule has 0 radical (unpaired) electrons. The van der Waals surface area contributed by atoms with E-state index < -0.39 is 0 Å². The highest BCUT2D eigenvalue weighted by Gasteiger charge is 2.18. The third-order valence-electron chi connectivity index (χ3n) is 11.2. The Bertz CT molecular complexity index is 2440. The zero-order valence-electron chi connectivity index (χ0n) is 35.7. The van der Waals surface area contributed by atoms with Gasteiger partial charge in [-0.25, -0.2) is 0 Å². The summed E-state index contributed by atoms with van der Waals surface area (Å²) in [5, 5.41) is 0. The van der Waals surface area contributed by atoms with E-state index in [2.05, 4.69) is 270 Å². The Morgan fingerprint density at radius 3 is 0.767 bits per heavy atom. The van der Waals surface area contributed by atoms with Crippen LogP contribution in [0.1, 0.15) is 63.8 Å². The zero-order valence-corrected chi connectivity index (χ0v) is 35.7. The molecule has 0 fully saturated rings. The van der Waals surface area contributed by atoms with Gasteiger partial charge in [0.1, 0.15) is 0 Å². The first-order chi connectivity index (χ1) is 29.0. The molecule has 0 aliphatic carbocycles. The highest BCUT2D eigenvalue weighted by Crippen LogP contribution is 2.38. The minimum Gasteiger partial charge on any atom is -0.311 e. The van der Waals surface area contributed by atoms with Crippen LogP contribution in [-0.4, -0.2) is 0 Å². The number of nitrogens with zero attached hydrogens (tertiary/aromatic N) is 2. The van der Waals surface area contributed by atoms with Crippen LogP contribution in [0.2, 0.25) is 0 Å². The second-order valence-corrected chi connectivity index (χ2v) is 17.6. The maximum atomic E-state index is 2.32. The first-order valence-electron chi connectivity index (χ1n) is 21.0. The first kappa shape index (κ1) is 39.9. The minimum absolute atomic E-state index is 0.109. The second kappa shape index (κ2) is 17.1. The lowest BCUT2D eigenvalue weighted by Crippen LogP contribution is -2.13. The van der Waals surface area contributed by atoms with Gasteiger partial charge >= 0.3 is 0 Å². The van der Waals surface area contributed by atoms with Crippen LogP contribution >= 0.6 is 0 Å².